The van der Waals surface area contributed by atoms with Gasteiger partial charge in [-0.3, -0.25) is 4.57 Å². The number of hydrogen-bond acceptors (Lipinski definition) is 2. The summed E-state index contributed by atoms with van der Waals surface area (Å²) in [6.45, 7) is 8.16. The highest BCUT2D eigenvalue weighted by Crippen LogP contribution is 2.37. The first-order chi connectivity index (χ1) is 10.0. The van der Waals surface area contributed by atoms with Gasteiger partial charge in [0.15, 0.2) is 0 Å². The Balaban J connectivity index is 2.58. The summed E-state index contributed by atoms with van der Waals surface area (Å²) in [4.78, 5) is 12.2. The van der Waals surface area contributed by atoms with Crippen LogP contribution in [0, 0.1) is 0 Å². The zero-order valence-electron chi connectivity index (χ0n) is 12.5. The van der Waals surface area contributed by atoms with E-state index in [0.29, 0.717) is 10.9 Å². The molecule has 2 rings (SSSR count). The average Bonchev–Trinajstić information content (AvgIpc) is 2.74. The minimum Gasteiger partial charge on any atom is -0.443 e. The lowest BCUT2D eigenvalue weighted by Crippen LogP contribution is -2.26. The van der Waals surface area contributed by atoms with Crippen molar-refractivity contribution in [3.05, 3.63) is 42.6 Å². The molecule has 2 aromatic rings. The number of rotatable bonds is 1. The average molecular weight is 311 g/mol. The third-order valence-corrected chi connectivity index (χ3v) is 2.97. The SMILES string of the molecule is C=C(c1cn(C(=O)OC(C)(C)C)c2ccccc12)C(F)(F)F. The van der Waals surface area contributed by atoms with Crippen LogP contribution in [0.25, 0.3) is 16.5 Å². The Morgan fingerprint density at radius 3 is 2.32 bits per heavy atom. The third-order valence-electron chi connectivity index (χ3n) is 2.97. The van der Waals surface area contributed by atoms with Crippen molar-refractivity contribution >= 4 is 22.6 Å². The summed E-state index contributed by atoms with van der Waals surface area (Å²) < 4.78 is 45.1. The summed E-state index contributed by atoms with van der Waals surface area (Å²) in [7, 11) is 0. The van der Waals surface area contributed by atoms with Crippen LogP contribution in [0.3, 0.4) is 0 Å². The van der Waals surface area contributed by atoms with E-state index in [1.54, 1.807) is 39.0 Å². The van der Waals surface area contributed by atoms with Crippen LogP contribution in [0.15, 0.2) is 37.0 Å². The Hall–Kier alpha value is -2.24. The van der Waals surface area contributed by atoms with Crippen LogP contribution in [0.1, 0.15) is 26.3 Å². The number of ether oxygens (including phenoxy) is 1. The monoisotopic (exact) mass is 311 g/mol. The minimum atomic E-state index is -4.57. The summed E-state index contributed by atoms with van der Waals surface area (Å²) in [6, 6.07) is 6.33. The number of allylic oxidation sites excluding steroid dienone is 1. The van der Waals surface area contributed by atoms with Gasteiger partial charge >= 0.3 is 12.3 Å². The van der Waals surface area contributed by atoms with Crippen LogP contribution in [0.2, 0.25) is 0 Å². The first-order valence-corrected chi connectivity index (χ1v) is 6.60. The van der Waals surface area contributed by atoms with Gasteiger partial charge in [0.1, 0.15) is 5.60 Å². The first kappa shape index (κ1) is 16.1. The van der Waals surface area contributed by atoms with Gasteiger partial charge in [-0.05, 0) is 26.8 Å². The summed E-state index contributed by atoms with van der Waals surface area (Å²) in [5.41, 5.74) is -1.53. The van der Waals surface area contributed by atoms with Crippen LogP contribution >= 0.6 is 0 Å². The first-order valence-electron chi connectivity index (χ1n) is 6.60. The molecule has 0 aliphatic carbocycles. The molecule has 0 radical (unpaired) electrons. The zero-order valence-corrected chi connectivity index (χ0v) is 12.5. The topological polar surface area (TPSA) is 31.2 Å². The minimum absolute atomic E-state index is 0.131. The molecule has 0 aliphatic heterocycles. The summed E-state index contributed by atoms with van der Waals surface area (Å²) >= 11 is 0. The molecule has 0 atom stereocenters. The number of para-hydroxylation sites is 1. The molecule has 0 spiro atoms. The van der Waals surface area contributed by atoms with E-state index in [-0.39, 0.29) is 5.56 Å². The molecule has 22 heavy (non-hydrogen) atoms. The van der Waals surface area contributed by atoms with Gasteiger partial charge in [-0.1, -0.05) is 24.8 Å². The summed E-state index contributed by atoms with van der Waals surface area (Å²) in [5, 5.41) is 0.302. The number of aromatic nitrogens is 1. The Morgan fingerprint density at radius 2 is 1.77 bits per heavy atom. The van der Waals surface area contributed by atoms with Gasteiger partial charge < -0.3 is 4.74 Å². The van der Waals surface area contributed by atoms with Gasteiger partial charge in [-0.15, -0.1) is 0 Å². The number of carbonyl (C=O) groups is 1. The van der Waals surface area contributed by atoms with E-state index in [1.807, 2.05) is 0 Å². The molecule has 0 unspecified atom stereocenters. The maximum absolute atomic E-state index is 12.9. The molecule has 0 saturated carbocycles. The Bertz CT molecular complexity index is 736. The molecule has 118 valence electrons. The van der Waals surface area contributed by atoms with Crippen molar-refractivity contribution in [1.82, 2.24) is 4.57 Å². The second kappa shape index (κ2) is 5.19. The molecule has 1 aromatic carbocycles. The molecule has 6 heteroatoms. The molecular formula is C16H16F3NO2. The third kappa shape index (κ3) is 3.16. The van der Waals surface area contributed by atoms with Crippen molar-refractivity contribution < 1.29 is 22.7 Å². The molecule has 0 amide bonds. The van der Waals surface area contributed by atoms with E-state index in [0.717, 1.165) is 10.8 Å². The number of nitrogens with zero attached hydrogens (tertiary/aromatic N) is 1. The van der Waals surface area contributed by atoms with Gasteiger partial charge in [0.2, 0.25) is 0 Å². The normalized spacial score (nSPS) is 12.5. The van der Waals surface area contributed by atoms with E-state index in [4.69, 9.17) is 4.74 Å². The molecule has 0 N–H and O–H groups in total. The predicted octanol–water partition coefficient (Wildman–Crippen LogP) is 5.00. The van der Waals surface area contributed by atoms with Gasteiger partial charge in [0, 0.05) is 17.1 Å². The molecule has 0 aliphatic rings. The number of carbonyl (C=O) groups excluding carboxylic acids is 1. The van der Waals surface area contributed by atoms with Crippen molar-refractivity contribution in [2.75, 3.05) is 0 Å². The van der Waals surface area contributed by atoms with Crippen molar-refractivity contribution in [2.45, 2.75) is 32.5 Å². The Morgan fingerprint density at radius 1 is 1.18 bits per heavy atom. The molecule has 1 heterocycles. The number of alkyl halides is 3. The van der Waals surface area contributed by atoms with Gasteiger partial charge in [0.25, 0.3) is 0 Å². The molecule has 0 bridgehead atoms. The van der Waals surface area contributed by atoms with E-state index in [2.05, 4.69) is 6.58 Å². The highest BCUT2D eigenvalue weighted by Gasteiger charge is 2.35. The van der Waals surface area contributed by atoms with Crippen LogP contribution in [0.4, 0.5) is 18.0 Å². The fraction of sp³-hybridized carbons (Fsp3) is 0.312. The van der Waals surface area contributed by atoms with Crippen molar-refractivity contribution in [2.24, 2.45) is 0 Å². The fourth-order valence-electron chi connectivity index (χ4n) is 2.03. The van der Waals surface area contributed by atoms with E-state index >= 15 is 0 Å². The van der Waals surface area contributed by atoms with Crippen molar-refractivity contribution in [1.29, 1.82) is 0 Å². The lowest BCUT2D eigenvalue weighted by atomic mass is 10.1. The van der Waals surface area contributed by atoms with Crippen LogP contribution in [-0.4, -0.2) is 22.4 Å². The van der Waals surface area contributed by atoms with Gasteiger partial charge in [0.05, 0.1) is 11.1 Å². The van der Waals surface area contributed by atoms with E-state index in [1.165, 1.54) is 6.07 Å². The Labute approximate surface area is 126 Å². The van der Waals surface area contributed by atoms with E-state index < -0.39 is 23.4 Å². The quantitative estimate of drug-likeness (QED) is 0.742. The predicted molar refractivity (Wildman–Crippen MR) is 78.7 cm³/mol. The maximum atomic E-state index is 12.9. The van der Waals surface area contributed by atoms with Gasteiger partial charge in [-0.25, -0.2) is 4.79 Å². The standard InChI is InChI=1S/C16H16F3NO2/c1-10(16(17,18)19)12-9-20(14(21)22-15(2,3)4)13-8-6-5-7-11(12)13/h5-9H,1H2,2-4H3. The molecule has 1 aromatic heterocycles. The number of halogens is 3. The lowest BCUT2D eigenvalue weighted by molar-refractivity contribution is -0.0686. The second-order valence-corrected chi connectivity index (χ2v) is 5.89. The van der Waals surface area contributed by atoms with Crippen LogP contribution in [-0.2, 0) is 4.74 Å². The highest BCUT2D eigenvalue weighted by molar-refractivity contribution is 5.98. The van der Waals surface area contributed by atoms with Crippen molar-refractivity contribution in [3.8, 4) is 0 Å². The number of hydrogen-bond donors (Lipinski definition) is 0. The van der Waals surface area contributed by atoms with Crippen LogP contribution in [0.5, 0.6) is 0 Å². The largest absolute Gasteiger partial charge is 0.443 e. The number of benzene rings is 1. The highest BCUT2D eigenvalue weighted by atomic mass is 19.4. The Kier molecular flexibility index (Phi) is 3.81. The summed E-state index contributed by atoms with van der Waals surface area (Å²) in [5.74, 6) is 0. The summed E-state index contributed by atoms with van der Waals surface area (Å²) in [6.07, 6.45) is -4.18. The maximum Gasteiger partial charge on any atom is 0.419 e. The van der Waals surface area contributed by atoms with Crippen LogP contribution < -0.4 is 0 Å². The van der Waals surface area contributed by atoms with Crippen molar-refractivity contribution in [3.63, 3.8) is 0 Å². The van der Waals surface area contributed by atoms with E-state index in [9.17, 15) is 18.0 Å². The number of fused-ring (bicyclic) bond motifs is 1. The molecule has 3 nitrogen and oxygen atoms in total. The fourth-order valence-corrected chi connectivity index (χ4v) is 2.03. The smallest absolute Gasteiger partial charge is 0.419 e. The second-order valence-electron chi connectivity index (χ2n) is 5.89. The lowest BCUT2D eigenvalue weighted by Gasteiger charge is -2.19. The molecular weight excluding hydrogens is 295 g/mol. The molecule has 0 saturated heterocycles. The zero-order chi connectivity index (χ0) is 16.7. The molecule has 0 fully saturated rings. The van der Waals surface area contributed by atoms with Gasteiger partial charge in [-0.2, -0.15) is 13.2 Å².